The molecule has 3 amide bonds. The second kappa shape index (κ2) is 6.61. The Hall–Kier alpha value is -2.04. The minimum absolute atomic E-state index is 0.00453. The summed E-state index contributed by atoms with van der Waals surface area (Å²) in [5.74, 6) is -0.140. The number of carbonyl (C=O) groups is 2. The first-order chi connectivity index (χ1) is 9.97. The molecule has 0 radical (unpaired) electrons. The number of rotatable bonds is 2. The normalized spacial score (nSPS) is 18.2. The monoisotopic (exact) mass is 289 g/mol. The summed E-state index contributed by atoms with van der Waals surface area (Å²) in [5.41, 5.74) is 1.97. The van der Waals surface area contributed by atoms with Crippen LogP contribution < -0.4 is 5.32 Å². The van der Waals surface area contributed by atoms with E-state index in [0.717, 1.165) is 30.6 Å². The van der Waals surface area contributed by atoms with Crippen LogP contribution in [0, 0.1) is 12.8 Å². The van der Waals surface area contributed by atoms with Crippen molar-refractivity contribution in [3.63, 3.8) is 0 Å². The molecule has 1 aliphatic rings. The van der Waals surface area contributed by atoms with Crippen molar-refractivity contribution in [3.05, 3.63) is 29.8 Å². The third-order valence-electron chi connectivity index (χ3n) is 3.76. The summed E-state index contributed by atoms with van der Waals surface area (Å²) >= 11 is 0. The minimum Gasteiger partial charge on any atom is -0.331 e. The highest BCUT2D eigenvalue weighted by molar-refractivity contribution is 5.93. The van der Waals surface area contributed by atoms with E-state index in [0.29, 0.717) is 6.54 Å². The number of benzene rings is 1. The van der Waals surface area contributed by atoms with Gasteiger partial charge in [-0.15, -0.1) is 0 Å². The van der Waals surface area contributed by atoms with E-state index in [-0.39, 0.29) is 17.9 Å². The number of hydrogen-bond donors (Lipinski definition) is 1. The van der Waals surface area contributed by atoms with E-state index in [1.54, 1.807) is 23.9 Å². The summed E-state index contributed by atoms with van der Waals surface area (Å²) in [5, 5.41) is 2.94. The van der Waals surface area contributed by atoms with Crippen LogP contribution in [0.4, 0.5) is 10.5 Å². The molecule has 1 aromatic rings. The zero-order chi connectivity index (χ0) is 15.4. The van der Waals surface area contributed by atoms with Crippen LogP contribution in [0.3, 0.4) is 0 Å². The van der Waals surface area contributed by atoms with Crippen molar-refractivity contribution in [1.82, 2.24) is 9.80 Å². The van der Waals surface area contributed by atoms with Crippen LogP contribution in [0.15, 0.2) is 24.3 Å². The van der Waals surface area contributed by atoms with Crippen molar-refractivity contribution in [3.8, 4) is 0 Å². The Balaban J connectivity index is 1.96. The molecule has 0 saturated carbocycles. The van der Waals surface area contributed by atoms with Gasteiger partial charge in [-0.05, 0) is 31.9 Å². The molecule has 21 heavy (non-hydrogen) atoms. The highest BCUT2D eigenvalue weighted by Gasteiger charge is 2.29. The predicted molar refractivity (Wildman–Crippen MR) is 83.2 cm³/mol. The maximum absolute atomic E-state index is 12.3. The second-order valence-corrected chi connectivity index (χ2v) is 5.82. The van der Waals surface area contributed by atoms with Gasteiger partial charge in [0.05, 0.1) is 5.92 Å². The molecule has 0 aromatic heterocycles. The number of nitrogens with one attached hydrogen (secondary N) is 1. The van der Waals surface area contributed by atoms with Crippen molar-refractivity contribution >= 4 is 17.6 Å². The molecule has 114 valence electrons. The number of hydrogen-bond acceptors (Lipinski definition) is 2. The van der Waals surface area contributed by atoms with E-state index in [1.165, 1.54) is 0 Å². The van der Waals surface area contributed by atoms with Gasteiger partial charge in [0, 0.05) is 32.9 Å². The van der Waals surface area contributed by atoms with E-state index in [4.69, 9.17) is 0 Å². The van der Waals surface area contributed by atoms with Gasteiger partial charge in [0.25, 0.3) is 0 Å². The van der Waals surface area contributed by atoms with E-state index in [9.17, 15) is 9.59 Å². The number of carbonyl (C=O) groups excluding carboxylic acids is 2. The van der Waals surface area contributed by atoms with Gasteiger partial charge in [0.2, 0.25) is 5.91 Å². The lowest BCUT2D eigenvalue weighted by molar-refractivity contribution is -0.121. The summed E-state index contributed by atoms with van der Waals surface area (Å²) in [6.45, 7) is 3.23. The second-order valence-electron chi connectivity index (χ2n) is 5.82. The van der Waals surface area contributed by atoms with E-state index in [2.05, 4.69) is 5.32 Å². The number of likely N-dealkylation sites (tertiary alicyclic amines) is 1. The summed E-state index contributed by atoms with van der Waals surface area (Å²) in [6.07, 6.45) is 1.69. The van der Waals surface area contributed by atoms with Crippen molar-refractivity contribution in [1.29, 1.82) is 0 Å². The van der Waals surface area contributed by atoms with Gasteiger partial charge in [0.1, 0.15) is 0 Å². The zero-order valence-electron chi connectivity index (χ0n) is 12.9. The van der Waals surface area contributed by atoms with Crippen LogP contribution in [0.1, 0.15) is 18.4 Å². The van der Waals surface area contributed by atoms with Crippen molar-refractivity contribution < 1.29 is 9.59 Å². The van der Waals surface area contributed by atoms with E-state index >= 15 is 0 Å². The van der Waals surface area contributed by atoms with Crippen molar-refractivity contribution in [2.45, 2.75) is 19.8 Å². The Morgan fingerprint density at radius 2 is 1.90 bits per heavy atom. The predicted octanol–water partition coefficient (Wildman–Crippen LogP) is 2.33. The minimum atomic E-state index is -0.135. The number of amides is 3. The van der Waals surface area contributed by atoms with Crippen LogP contribution >= 0.6 is 0 Å². The largest absolute Gasteiger partial charge is 0.331 e. The van der Waals surface area contributed by atoms with Crippen LogP contribution in [0.25, 0.3) is 0 Å². The third-order valence-corrected chi connectivity index (χ3v) is 3.76. The lowest BCUT2D eigenvalue weighted by Gasteiger charge is -2.33. The molecular formula is C16H23N3O2. The SMILES string of the molecule is Cc1ccc(NC(=O)C2CCCN(C(=O)N(C)C)C2)cc1. The smallest absolute Gasteiger partial charge is 0.319 e. The average molecular weight is 289 g/mol. The standard InChI is InChI=1S/C16H23N3O2/c1-12-6-8-14(9-7-12)17-15(20)13-5-4-10-19(11-13)16(21)18(2)3/h6-9,13H,4-5,10-11H2,1-3H3,(H,17,20). The van der Waals surface area contributed by atoms with Crippen molar-refractivity contribution in [2.75, 3.05) is 32.5 Å². The van der Waals surface area contributed by atoms with Crippen molar-refractivity contribution in [2.24, 2.45) is 5.92 Å². The van der Waals surface area contributed by atoms with Gasteiger partial charge in [-0.3, -0.25) is 4.79 Å². The molecular weight excluding hydrogens is 266 g/mol. The van der Waals surface area contributed by atoms with Gasteiger partial charge in [-0.25, -0.2) is 4.79 Å². The molecule has 0 spiro atoms. The number of urea groups is 1. The summed E-state index contributed by atoms with van der Waals surface area (Å²) < 4.78 is 0. The third kappa shape index (κ3) is 3.97. The Labute approximate surface area is 125 Å². The first-order valence-corrected chi connectivity index (χ1v) is 7.31. The fraction of sp³-hybridized carbons (Fsp3) is 0.500. The highest BCUT2D eigenvalue weighted by Crippen LogP contribution is 2.19. The summed E-state index contributed by atoms with van der Waals surface area (Å²) in [7, 11) is 3.47. The molecule has 1 atom stereocenters. The molecule has 0 bridgehead atoms. The topological polar surface area (TPSA) is 52.7 Å². The lowest BCUT2D eigenvalue weighted by atomic mass is 9.97. The maximum Gasteiger partial charge on any atom is 0.319 e. The maximum atomic E-state index is 12.3. The fourth-order valence-corrected chi connectivity index (χ4v) is 2.53. The zero-order valence-corrected chi connectivity index (χ0v) is 12.9. The number of nitrogens with zero attached hydrogens (tertiary/aromatic N) is 2. The fourth-order valence-electron chi connectivity index (χ4n) is 2.53. The van der Waals surface area contributed by atoms with E-state index < -0.39 is 0 Å². The molecule has 1 saturated heterocycles. The molecule has 1 fully saturated rings. The molecule has 2 rings (SSSR count). The van der Waals surface area contributed by atoms with Gasteiger partial charge in [0.15, 0.2) is 0 Å². The first kappa shape index (κ1) is 15.4. The number of aryl methyl sites for hydroxylation is 1. The molecule has 1 aliphatic heterocycles. The van der Waals surface area contributed by atoms with Gasteiger partial charge < -0.3 is 15.1 Å². The Kier molecular flexibility index (Phi) is 4.83. The quantitative estimate of drug-likeness (QED) is 0.908. The van der Waals surface area contributed by atoms with Gasteiger partial charge in [-0.2, -0.15) is 0 Å². The first-order valence-electron chi connectivity index (χ1n) is 7.31. The number of piperidine rings is 1. The van der Waals surface area contributed by atoms with Gasteiger partial charge in [-0.1, -0.05) is 17.7 Å². The summed E-state index contributed by atoms with van der Waals surface area (Å²) in [4.78, 5) is 27.6. The molecule has 5 nitrogen and oxygen atoms in total. The van der Waals surface area contributed by atoms with Crippen LogP contribution in [-0.4, -0.2) is 48.9 Å². The van der Waals surface area contributed by atoms with Crippen LogP contribution in [0.5, 0.6) is 0 Å². The highest BCUT2D eigenvalue weighted by atomic mass is 16.2. The van der Waals surface area contributed by atoms with Crippen LogP contribution in [0.2, 0.25) is 0 Å². The van der Waals surface area contributed by atoms with Gasteiger partial charge >= 0.3 is 6.03 Å². The molecule has 1 heterocycles. The number of anilines is 1. The molecule has 1 N–H and O–H groups in total. The molecule has 1 aromatic carbocycles. The molecule has 0 aliphatic carbocycles. The summed E-state index contributed by atoms with van der Waals surface area (Å²) in [6, 6.07) is 7.72. The van der Waals surface area contributed by atoms with E-state index in [1.807, 2.05) is 31.2 Å². The molecule has 5 heteroatoms. The Morgan fingerprint density at radius 1 is 1.24 bits per heavy atom. The lowest BCUT2D eigenvalue weighted by Crippen LogP contribution is -2.47. The van der Waals surface area contributed by atoms with Crippen LogP contribution in [-0.2, 0) is 4.79 Å². The Bertz CT molecular complexity index is 511. The average Bonchev–Trinajstić information content (AvgIpc) is 2.48. The Morgan fingerprint density at radius 3 is 2.52 bits per heavy atom. The molecule has 1 unspecified atom stereocenters.